The second-order valence-electron chi connectivity index (χ2n) is 3.81. The van der Waals surface area contributed by atoms with Crippen molar-refractivity contribution in [1.29, 1.82) is 0 Å². The molecule has 0 aliphatic carbocycles. The topological polar surface area (TPSA) is 17.0 Å². The standard InChI is InChI=1S/C11H9ClF3N2/c1-6-3-7(2)17-5-8(11(13,14)15)4-9(12)10(17)16-6/h3-5H,1-2H3/q+1. The van der Waals surface area contributed by atoms with Crippen LogP contribution in [-0.4, -0.2) is 4.98 Å². The van der Waals surface area contributed by atoms with Gasteiger partial charge in [0.1, 0.15) is 16.9 Å². The Hall–Kier alpha value is -1.36. The first-order valence-corrected chi connectivity index (χ1v) is 5.23. The van der Waals surface area contributed by atoms with E-state index in [4.69, 9.17) is 11.6 Å². The van der Waals surface area contributed by atoms with Gasteiger partial charge in [-0.15, -0.1) is 0 Å². The predicted molar refractivity (Wildman–Crippen MR) is 56.9 cm³/mol. The van der Waals surface area contributed by atoms with E-state index in [1.807, 2.05) is 0 Å². The lowest BCUT2D eigenvalue weighted by Gasteiger charge is -2.07. The number of nitrogens with zero attached hydrogens (tertiary/aromatic N) is 2. The quantitative estimate of drug-likeness (QED) is 0.666. The molecule has 0 unspecified atom stereocenters. The summed E-state index contributed by atoms with van der Waals surface area (Å²) in [6, 6.07) is 2.59. The molecule has 2 heterocycles. The molecule has 0 saturated carbocycles. The third-order valence-corrected chi connectivity index (χ3v) is 2.68. The molecule has 0 fully saturated rings. The number of alkyl halides is 3. The molecule has 2 nitrogen and oxygen atoms in total. The van der Waals surface area contributed by atoms with E-state index in [0.717, 1.165) is 12.3 Å². The maximum Gasteiger partial charge on any atom is 0.419 e. The lowest BCUT2D eigenvalue weighted by atomic mass is 10.2. The molecule has 0 atom stereocenters. The fourth-order valence-electron chi connectivity index (χ4n) is 1.66. The van der Waals surface area contributed by atoms with Crippen molar-refractivity contribution in [1.82, 2.24) is 4.98 Å². The molecule has 0 aliphatic heterocycles. The van der Waals surface area contributed by atoms with Crippen molar-refractivity contribution < 1.29 is 17.6 Å². The van der Waals surface area contributed by atoms with Crippen molar-refractivity contribution in [3.63, 3.8) is 0 Å². The van der Waals surface area contributed by atoms with Gasteiger partial charge >= 0.3 is 11.8 Å². The van der Waals surface area contributed by atoms with E-state index in [9.17, 15) is 13.2 Å². The van der Waals surface area contributed by atoms with Gasteiger partial charge < -0.3 is 0 Å². The number of aryl methyl sites for hydroxylation is 2. The van der Waals surface area contributed by atoms with Gasteiger partial charge in [0.15, 0.2) is 5.69 Å². The average Bonchev–Trinajstić information content (AvgIpc) is 2.17. The van der Waals surface area contributed by atoms with Gasteiger partial charge in [0, 0.05) is 13.0 Å². The molecule has 0 aromatic carbocycles. The zero-order valence-electron chi connectivity index (χ0n) is 9.14. The van der Waals surface area contributed by atoms with Crippen LogP contribution >= 0.6 is 11.6 Å². The molecule has 2 aromatic heterocycles. The van der Waals surface area contributed by atoms with E-state index in [-0.39, 0.29) is 5.02 Å². The molecule has 6 heteroatoms. The van der Waals surface area contributed by atoms with Gasteiger partial charge in [0.2, 0.25) is 0 Å². The number of hydrogen-bond acceptors (Lipinski definition) is 1. The van der Waals surface area contributed by atoms with Crippen LogP contribution in [0.25, 0.3) is 5.65 Å². The summed E-state index contributed by atoms with van der Waals surface area (Å²) in [5, 5.41) is -0.00775. The second-order valence-corrected chi connectivity index (χ2v) is 4.21. The first kappa shape index (κ1) is 12.1. The minimum absolute atomic E-state index is 0.00775. The van der Waals surface area contributed by atoms with Crippen molar-refractivity contribution in [2.24, 2.45) is 0 Å². The van der Waals surface area contributed by atoms with Crippen LogP contribution in [-0.2, 0) is 6.18 Å². The summed E-state index contributed by atoms with van der Waals surface area (Å²) in [4.78, 5) is 4.12. The summed E-state index contributed by atoms with van der Waals surface area (Å²) in [7, 11) is 0. The number of halogens is 4. The molecule has 0 N–H and O–H groups in total. The van der Waals surface area contributed by atoms with Gasteiger partial charge in [-0.25, -0.2) is 0 Å². The zero-order valence-corrected chi connectivity index (χ0v) is 9.89. The van der Waals surface area contributed by atoms with Gasteiger partial charge in [-0.05, 0) is 18.0 Å². The highest BCUT2D eigenvalue weighted by atomic mass is 35.5. The van der Waals surface area contributed by atoms with E-state index in [1.165, 1.54) is 4.40 Å². The lowest BCUT2D eigenvalue weighted by Crippen LogP contribution is -2.29. The van der Waals surface area contributed by atoms with Crippen LogP contribution in [0.1, 0.15) is 17.0 Å². The Morgan fingerprint density at radius 3 is 2.47 bits per heavy atom. The van der Waals surface area contributed by atoms with E-state index >= 15 is 0 Å². The number of hydrogen-bond donors (Lipinski definition) is 0. The first-order chi connectivity index (χ1) is 7.79. The Balaban J connectivity index is 2.83. The number of aromatic nitrogens is 2. The molecular formula is C11H9ClF3N2+. The fraction of sp³-hybridized carbons (Fsp3) is 0.273. The van der Waals surface area contributed by atoms with Crippen LogP contribution in [0.3, 0.4) is 0 Å². The van der Waals surface area contributed by atoms with Gasteiger partial charge in [-0.3, -0.25) is 0 Å². The number of pyridine rings is 1. The Morgan fingerprint density at radius 1 is 1.24 bits per heavy atom. The van der Waals surface area contributed by atoms with Crippen molar-refractivity contribution in [2.75, 3.05) is 0 Å². The Morgan fingerprint density at radius 2 is 1.88 bits per heavy atom. The van der Waals surface area contributed by atoms with Crippen molar-refractivity contribution in [2.45, 2.75) is 20.0 Å². The maximum atomic E-state index is 12.6. The molecule has 17 heavy (non-hydrogen) atoms. The molecule has 0 spiro atoms. The summed E-state index contributed by atoms with van der Waals surface area (Å²) < 4.78 is 39.2. The largest absolute Gasteiger partial charge is 0.419 e. The Bertz CT molecular complexity index is 593. The van der Waals surface area contributed by atoms with Crippen LogP contribution in [0, 0.1) is 13.8 Å². The highest BCUT2D eigenvalue weighted by molar-refractivity contribution is 6.33. The maximum absolute atomic E-state index is 12.6. The van der Waals surface area contributed by atoms with E-state index in [1.54, 1.807) is 19.9 Å². The molecule has 0 amide bonds. The molecule has 0 saturated heterocycles. The Kier molecular flexibility index (Phi) is 2.73. The van der Waals surface area contributed by atoms with Gasteiger partial charge in [0.25, 0.3) is 0 Å². The minimum atomic E-state index is -4.41. The second kappa shape index (κ2) is 3.84. The van der Waals surface area contributed by atoms with Crippen LogP contribution in [0.15, 0.2) is 18.3 Å². The fourth-order valence-corrected chi connectivity index (χ4v) is 1.91. The van der Waals surface area contributed by atoms with Crippen molar-refractivity contribution in [3.8, 4) is 0 Å². The third kappa shape index (κ3) is 2.20. The van der Waals surface area contributed by atoms with Crippen LogP contribution in [0.2, 0.25) is 5.02 Å². The predicted octanol–water partition coefficient (Wildman–Crippen LogP) is 3.11. The molecule has 0 aliphatic rings. The summed E-state index contributed by atoms with van der Waals surface area (Å²) in [6.45, 7) is 3.47. The van der Waals surface area contributed by atoms with Crippen LogP contribution in [0.4, 0.5) is 13.2 Å². The van der Waals surface area contributed by atoms with Gasteiger partial charge in [-0.2, -0.15) is 17.6 Å². The smallest absolute Gasteiger partial charge is 0.199 e. The highest BCUT2D eigenvalue weighted by Gasteiger charge is 2.33. The zero-order chi connectivity index (χ0) is 12.8. The summed E-state index contributed by atoms with van der Waals surface area (Å²) in [6.07, 6.45) is -3.41. The summed E-state index contributed by atoms with van der Waals surface area (Å²) >= 11 is 5.83. The van der Waals surface area contributed by atoms with Crippen molar-refractivity contribution in [3.05, 3.63) is 40.3 Å². The molecule has 90 valence electrons. The van der Waals surface area contributed by atoms with E-state index in [0.29, 0.717) is 17.0 Å². The van der Waals surface area contributed by atoms with Gasteiger partial charge in [-0.1, -0.05) is 11.6 Å². The lowest BCUT2D eigenvalue weighted by molar-refractivity contribution is -0.524. The number of rotatable bonds is 0. The van der Waals surface area contributed by atoms with Crippen molar-refractivity contribution >= 4 is 17.2 Å². The number of fused-ring (bicyclic) bond motifs is 1. The van der Waals surface area contributed by atoms with Gasteiger partial charge in [0.05, 0.1) is 5.56 Å². The first-order valence-electron chi connectivity index (χ1n) is 4.85. The summed E-state index contributed by atoms with van der Waals surface area (Å²) in [5.74, 6) is 0. The van der Waals surface area contributed by atoms with Crippen LogP contribution < -0.4 is 4.40 Å². The molecular weight excluding hydrogens is 253 g/mol. The Labute approximate surface area is 101 Å². The normalized spacial score (nSPS) is 12.1. The molecule has 2 rings (SSSR count). The SMILES string of the molecule is Cc1cc(C)[n+]2cc(C(F)(F)F)cc(Cl)c2n1. The molecule has 0 bridgehead atoms. The molecule has 0 radical (unpaired) electrons. The van der Waals surface area contributed by atoms with E-state index in [2.05, 4.69) is 4.98 Å². The monoisotopic (exact) mass is 261 g/mol. The van der Waals surface area contributed by atoms with E-state index < -0.39 is 11.7 Å². The molecule has 2 aromatic rings. The highest BCUT2D eigenvalue weighted by Crippen LogP contribution is 2.30. The average molecular weight is 262 g/mol. The third-order valence-electron chi connectivity index (χ3n) is 2.40. The summed E-state index contributed by atoms with van der Waals surface area (Å²) in [5.41, 5.74) is 0.913. The minimum Gasteiger partial charge on any atom is -0.199 e. The van der Waals surface area contributed by atoms with Crippen LogP contribution in [0.5, 0.6) is 0 Å².